The first-order valence-electron chi connectivity index (χ1n) is 7.36. The molecular formula is C16H17BrN4O2. The van der Waals surface area contributed by atoms with Crippen LogP contribution in [0.3, 0.4) is 0 Å². The summed E-state index contributed by atoms with van der Waals surface area (Å²) in [5, 5.41) is 3.23. The highest BCUT2D eigenvalue weighted by molar-refractivity contribution is 9.10. The molecular weight excluding hydrogens is 360 g/mol. The highest BCUT2D eigenvalue weighted by Gasteiger charge is 2.20. The number of ether oxygens (including phenoxy) is 1. The van der Waals surface area contributed by atoms with E-state index in [4.69, 9.17) is 4.74 Å². The summed E-state index contributed by atoms with van der Waals surface area (Å²) in [5.41, 5.74) is 2.41. The molecule has 2 aromatic rings. The van der Waals surface area contributed by atoms with Crippen molar-refractivity contribution in [3.05, 3.63) is 46.3 Å². The summed E-state index contributed by atoms with van der Waals surface area (Å²) >= 11 is 3.44. The summed E-state index contributed by atoms with van der Waals surface area (Å²) in [4.78, 5) is 22.5. The van der Waals surface area contributed by atoms with E-state index in [-0.39, 0.29) is 5.91 Å². The van der Waals surface area contributed by atoms with E-state index in [1.807, 2.05) is 25.1 Å². The first-order valence-corrected chi connectivity index (χ1v) is 8.15. The maximum absolute atomic E-state index is 12.5. The minimum Gasteiger partial charge on any atom is -0.378 e. The highest BCUT2D eigenvalue weighted by atomic mass is 79.9. The lowest BCUT2D eigenvalue weighted by atomic mass is 10.2. The van der Waals surface area contributed by atoms with E-state index in [2.05, 4.69) is 31.2 Å². The van der Waals surface area contributed by atoms with Crippen LogP contribution in [0, 0.1) is 6.92 Å². The Bertz CT molecular complexity index is 717. The van der Waals surface area contributed by atoms with Crippen LogP contribution in [0.25, 0.3) is 0 Å². The Morgan fingerprint density at radius 1 is 1.26 bits per heavy atom. The lowest BCUT2D eigenvalue weighted by Crippen LogP contribution is -2.41. The van der Waals surface area contributed by atoms with Crippen molar-refractivity contribution in [2.45, 2.75) is 6.92 Å². The lowest BCUT2D eigenvalue weighted by molar-refractivity contribution is 0.0299. The number of nitrogens with one attached hydrogen (secondary N) is 1. The molecule has 1 aromatic carbocycles. The quantitative estimate of drug-likeness (QED) is 0.891. The number of amides is 1. The van der Waals surface area contributed by atoms with Crippen LogP contribution < -0.4 is 5.32 Å². The minimum absolute atomic E-state index is 0.0914. The van der Waals surface area contributed by atoms with Crippen molar-refractivity contribution < 1.29 is 9.53 Å². The van der Waals surface area contributed by atoms with Crippen LogP contribution >= 0.6 is 15.9 Å². The van der Waals surface area contributed by atoms with Crippen LogP contribution in [0.4, 0.5) is 11.5 Å². The van der Waals surface area contributed by atoms with E-state index >= 15 is 0 Å². The van der Waals surface area contributed by atoms with Gasteiger partial charge in [0.2, 0.25) is 0 Å². The second-order valence-electron chi connectivity index (χ2n) is 5.28. The van der Waals surface area contributed by atoms with Crippen molar-refractivity contribution in [3.63, 3.8) is 0 Å². The number of morpholine rings is 1. The molecule has 1 aliphatic rings. The summed E-state index contributed by atoms with van der Waals surface area (Å²) < 4.78 is 6.29. The third-order valence-corrected chi connectivity index (χ3v) is 4.13. The smallest absolute Gasteiger partial charge is 0.272 e. The Morgan fingerprint density at radius 2 is 2.04 bits per heavy atom. The van der Waals surface area contributed by atoms with Crippen molar-refractivity contribution >= 4 is 33.3 Å². The molecule has 23 heavy (non-hydrogen) atoms. The summed E-state index contributed by atoms with van der Waals surface area (Å²) in [5.74, 6) is 0.508. The zero-order valence-corrected chi connectivity index (χ0v) is 14.3. The fourth-order valence-electron chi connectivity index (χ4n) is 2.38. The van der Waals surface area contributed by atoms with Crippen LogP contribution in [0.5, 0.6) is 0 Å². The number of carbonyl (C=O) groups excluding carboxylic acids is 1. The number of hydrogen-bond acceptors (Lipinski definition) is 5. The average molecular weight is 377 g/mol. The van der Waals surface area contributed by atoms with Gasteiger partial charge in [0.05, 0.1) is 13.2 Å². The Labute approximate surface area is 143 Å². The van der Waals surface area contributed by atoms with Crippen molar-refractivity contribution in [2.75, 3.05) is 31.6 Å². The average Bonchev–Trinajstić information content (AvgIpc) is 2.58. The molecule has 7 heteroatoms. The molecule has 1 fully saturated rings. The molecule has 6 nitrogen and oxygen atoms in total. The van der Waals surface area contributed by atoms with Gasteiger partial charge in [0.15, 0.2) is 0 Å². The SMILES string of the molecule is Cc1cc(Br)ccc1Nc1cc(C(=O)N2CCOCC2)ncn1. The van der Waals surface area contributed by atoms with Crippen LogP contribution in [0.1, 0.15) is 16.1 Å². The van der Waals surface area contributed by atoms with E-state index in [0.717, 1.165) is 15.7 Å². The lowest BCUT2D eigenvalue weighted by Gasteiger charge is -2.26. The first-order chi connectivity index (χ1) is 11.1. The normalized spacial score (nSPS) is 14.6. The topological polar surface area (TPSA) is 67.4 Å². The molecule has 0 radical (unpaired) electrons. The maximum Gasteiger partial charge on any atom is 0.272 e. The summed E-state index contributed by atoms with van der Waals surface area (Å²) in [6.45, 7) is 4.34. The molecule has 1 aromatic heterocycles. The van der Waals surface area contributed by atoms with Crippen molar-refractivity contribution in [1.29, 1.82) is 0 Å². The van der Waals surface area contributed by atoms with Gasteiger partial charge >= 0.3 is 0 Å². The number of halogens is 1. The molecule has 1 amide bonds. The van der Waals surface area contributed by atoms with Crippen molar-refractivity contribution in [1.82, 2.24) is 14.9 Å². The van der Waals surface area contributed by atoms with Gasteiger partial charge in [0.1, 0.15) is 17.8 Å². The largest absolute Gasteiger partial charge is 0.378 e. The monoisotopic (exact) mass is 376 g/mol. The zero-order valence-electron chi connectivity index (χ0n) is 12.8. The Hall–Kier alpha value is -1.99. The summed E-state index contributed by atoms with van der Waals surface area (Å²) in [6, 6.07) is 7.61. The van der Waals surface area contributed by atoms with E-state index in [1.165, 1.54) is 6.33 Å². The number of carbonyl (C=O) groups is 1. The highest BCUT2D eigenvalue weighted by Crippen LogP contribution is 2.23. The zero-order chi connectivity index (χ0) is 16.2. The number of aromatic nitrogens is 2. The number of anilines is 2. The molecule has 0 aliphatic carbocycles. The molecule has 1 saturated heterocycles. The molecule has 120 valence electrons. The first kappa shape index (κ1) is 15.9. The molecule has 2 heterocycles. The van der Waals surface area contributed by atoms with Gasteiger partial charge in [-0.05, 0) is 30.7 Å². The molecule has 0 saturated carbocycles. The van der Waals surface area contributed by atoms with Crippen molar-refractivity contribution in [2.24, 2.45) is 0 Å². The minimum atomic E-state index is -0.0914. The third-order valence-electron chi connectivity index (χ3n) is 3.64. The van der Waals surface area contributed by atoms with Crippen LogP contribution in [-0.4, -0.2) is 47.1 Å². The van der Waals surface area contributed by atoms with E-state index in [0.29, 0.717) is 37.8 Å². The van der Waals surface area contributed by atoms with Crippen LogP contribution in [0.2, 0.25) is 0 Å². The third kappa shape index (κ3) is 3.86. The Balaban J connectivity index is 1.78. The predicted molar refractivity (Wildman–Crippen MR) is 90.9 cm³/mol. The van der Waals surface area contributed by atoms with Gasteiger partial charge in [0.25, 0.3) is 5.91 Å². The molecule has 0 bridgehead atoms. The number of hydrogen-bond donors (Lipinski definition) is 1. The molecule has 0 unspecified atom stereocenters. The van der Waals surface area contributed by atoms with Crippen LogP contribution in [-0.2, 0) is 4.74 Å². The Kier molecular flexibility index (Phi) is 4.88. The van der Waals surface area contributed by atoms with E-state index < -0.39 is 0 Å². The Morgan fingerprint density at radius 3 is 2.78 bits per heavy atom. The number of benzene rings is 1. The molecule has 1 N–H and O–H groups in total. The van der Waals surface area contributed by atoms with Crippen molar-refractivity contribution in [3.8, 4) is 0 Å². The fourth-order valence-corrected chi connectivity index (χ4v) is 2.85. The second-order valence-corrected chi connectivity index (χ2v) is 6.19. The molecule has 3 rings (SSSR count). The predicted octanol–water partition coefficient (Wildman–Crippen LogP) is 2.76. The molecule has 0 atom stereocenters. The number of rotatable bonds is 3. The van der Waals surface area contributed by atoms with E-state index in [1.54, 1.807) is 11.0 Å². The summed E-state index contributed by atoms with van der Waals surface area (Å²) in [7, 11) is 0. The van der Waals surface area contributed by atoms with Gasteiger partial charge in [-0.3, -0.25) is 4.79 Å². The number of aryl methyl sites for hydroxylation is 1. The van der Waals surface area contributed by atoms with Gasteiger partial charge in [-0.1, -0.05) is 15.9 Å². The van der Waals surface area contributed by atoms with Gasteiger partial charge < -0.3 is 15.0 Å². The van der Waals surface area contributed by atoms with Gasteiger partial charge in [-0.2, -0.15) is 0 Å². The van der Waals surface area contributed by atoms with Crippen LogP contribution in [0.15, 0.2) is 35.1 Å². The molecule has 0 spiro atoms. The van der Waals surface area contributed by atoms with Gasteiger partial charge in [-0.15, -0.1) is 0 Å². The fraction of sp³-hybridized carbons (Fsp3) is 0.312. The summed E-state index contributed by atoms with van der Waals surface area (Å²) in [6.07, 6.45) is 1.41. The van der Waals surface area contributed by atoms with E-state index in [9.17, 15) is 4.79 Å². The van der Waals surface area contributed by atoms with Gasteiger partial charge in [0, 0.05) is 29.3 Å². The molecule has 1 aliphatic heterocycles. The number of nitrogens with zero attached hydrogens (tertiary/aromatic N) is 3. The van der Waals surface area contributed by atoms with Gasteiger partial charge in [-0.25, -0.2) is 9.97 Å². The standard InChI is InChI=1S/C16H17BrN4O2/c1-11-8-12(17)2-3-13(11)20-15-9-14(18-10-19-15)16(22)21-4-6-23-7-5-21/h2-3,8-10H,4-7H2,1H3,(H,18,19,20). The maximum atomic E-state index is 12.5. The second kappa shape index (κ2) is 7.06.